The van der Waals surface area contributed by atoms with Crippen LogP contribution in [0.4, 0.5) is 13.2 Å². The first-order valence-electron chi connectivity index (χ1n) is 6.14. The van der Waals surface area contributed by atoms with E-state index >= 15 is 0 Å². The van der Waals surface area contributed by atoms with Crippen molar-refractivity contribution < 1.29 is 13.2 Å². The van der Waals surface area contributed by atoms with Gasteiger partial charge >= 0.3 is 6.18 Å². The van der Waals surface area contributed by atoms with Gasteiger partial charge in [-0.1, -0.05) is 24.6 Å². The third-order valence-electron chi connectivity index (χ3n) is 2.88. The van der Waals surface area contributed by atoms with Crippen LogP contribution in [0.1, 0.15) is 30.3 Å². The summed E-state index contributed by atoms with van der Waals surface area (Å²) in [7, 11) is 0. The molecule has 0 saturated carbocycles. The Morgan fingerprint density at radius 1 is 1.30 bits per heavy atom. The summed E-state index contributed by atoms with van der Waals surface area (Å²) in [5, 5.41) is 7.84. The topological polar surface area (TPSA) is 30.7 Å². The van der Waals surface area contributed by atoms with Gasteiger partial charge in [0.05, 0.1) is 22.8 Å². The third kappa shape index (κ3) is 2.95. The Morgan fingerprint density at radius 3 is 2.65 bits per heavy atom. The van der Waals surface area contributed by atoms with Gasteiger partial charge in [-0.05, 0) is 24.6 Å². The van der Waals surface area contributed by atoms with Crippen LogP contribution in [0.25, 0.3) is 5.69 Å². The molecule has 7 heteroatoms. The number of aromatic nitrogens is 3. The predicted molar refractivity (Wildman–Crippen MR) is 69.9 cm³/mol. The van der Waals surface area contributed by atoms with Gasteiger partial charge < -0.3 is 0 Å². The van der Waals surface area contributed by atoms with Crippen LogP contribution in [-0.2, 0) is 18.5 Å². The van der Waals surface area contributed by atoms with Crippen molar-refractivity contribution in [3.8, 4) is 5.69 Å². The van der Waals surface area contributed by atoms with E-state index in [1.165, 1.54) is 10.7 Å². The largest absolute Gasteiger partial charge is 0.416 e. The first kappa shape index (κ1) is 14.8. The molecule has 0 radical (unpaired) electrons. The fourth-order valence-corrected chi connectivity index (χ4v) is 2.15. The Hall–Kier alpha value is -1.56. The molecule has 0 N–H and O–H groups in total. The predicted octanol–water partition coefficient (Wildman–Crippen LogP) is 3.98. The van der Waals surface area contributed by atoms with E-state index in [0.717, 1.165) is 24.2 Å². The Labute approximate surface area is 119 Å². The van der Waals surface area contributed by atoms with E-state index in [9.17, 15) is 13.2 Å². The molecule has 0 atom stereocenters. The molecular formula is C13H13ClF3N3. The Kier molecular flexibility index (Phi) is 4.32. The molecule has 1 aromatic carbocycles. The van der Waals surface area contributed by atoms with Crippen molar-refractivity contribution in [2.24, 2.45) is 0 Å². The Bertz CT molecular complexity index is 593. The van der Waals surface area contributed by atoms with Crippen LogP contribution in [0.15, 0.2) is 24.3 Å². The van der Waals surface area contributed by atoms with Crippen LogP contribution in [0, 0.1) is 0 Å². The molecule has 0 spiro atoms. The maximum Gasteiger partial charge on any atom is 0.416 e. The van der Waals surface area contributed by atoms with Crippen molar-refractivity contribution in [3.05, 3.63) is 41.2 Å². The second-order valence-electron chi connectivity index (χ2n) is 4.33. The number of rotatable bonds is 4. The van der Waals surface area contributed by atoms with E-state index in [4.69, 9.17) is 11.6 Å². The van der Waals surface area contributed by atoms with E-state index in [1.807, 2.05) is 6.92 Å². The number of hydrogen-bond acceptors (Lipinski definition) is 2. The summed E-state index contributed by atoms with van der Waals surface area (Å²) in [4.78, 5) is 0. The van der Waals surface area contributed by atoms with Crippen molar-refractivity contribution >= 4 is 11.6 Å². The molecule has 0 aliphatic heterocycles. The number of hydrogen-bond donors (Lipinski definition) is 0. The van der Waals surface area contributed by atoms with Gasteiger partial charge in [0.25, 0.3) is 0 Å². The first-order chi connectivity index (χ1) is 9.47. The number of nitrogens with zero attached hydrogens (tertiary/aromatic N) is 3. The normalized spacial score (nSPS) is 11.8. The Morgan fingerprint density at radius 2 is 2.05 bits per heavy atom. The highest BCUT2D eigenvalue weighted by molar-refractivity contribution is 6.16. The number of halogens is 4. The summed E-state index contributed by atoms with van der Waals surface area (Å²) in [6.45, 7) is 1.97. The van der Waals surface area contributed by atoms with Crippen molar-refractivity contribution in [3.63, 3.8) is 0 Å². The van der Waals surface area contributed by atoms with E-state index in [-0.39, 0.29) is 5.88 Å². The SMILES string of the molecule is CCCc1c(CCl)nnn1-c1cccc(C(F)(F)F)c1. The second kappa shape index (κ2) is 5.83. The maximum absolute atomic E-state index is 12.7. The summed E-state index contributed by atoms with van der Waals surface area (Å²) in [6, 6.07) is 5.02. The lowest BCUT2D eigenvalue weighted by atomic mass is 10.1. The van der Waals surface area contributed by atoms with Gasteiger partial charge in [0.1, 0.15) is 5.69 Å². The molecule has 0 saturated heterocycles. The van der Waals surface area contributed by atoms with Crippen LogP contribution in [-0.4, -0.2) is 15.0 Å². The summed E-state index contributed by atoms with van der Waals surface area (Å²) in [6.07, 6.45) is -2.89. The molecule has 0 aliphatic carbocycles. The molecule has 0 unspecified atom stereocenters. The monoisotopic (exact) mass is 303 g/mol. The van der Waals surface area contributed by atoms with Gasteiger partial charge in [0.2, 0.25) is 0 Å². The van der Waals surface area contributed by atoms with E-state index < -0.39 is 11.7 Å². The highest BCUT2D eigenvalue weighted by Gasteiger charge is 2.30. The van der Waals surface area contributed by atoms with Gasteiger partial charge in [-0.2, -0.15) is 13.2 Å². The molecule has 2 aromatic rings. The molecule has 0 fully saturated rings. The highest BCUT2D eigenvalue weighted by Crippen LogP contribution is 2.30. The fourth-order valence-electron chi connectivity index (χ4n) is 1.94. The average Bonchev–Trinajstić information content (AvgIpc) is 2.81. The van der Waals surface area contributed by atoms with Crippen LogP contribution in [0.5, 0.6) is 0 Å². The summed E-state index contributed by atoms with van der Waals surface area (Å²) >= 11 is 5.78. The molecular weight excluding hydrogens is 291 g/mol. The lowest BCUT2D eigenvalue weighted by Crippen LogP contribution is -2.08. The maximum atomic E-state index is 12.7. The standard InChI is InChI=1S/C13H13ClF3N3/c1-2-4-12-11(8-14)18-19-20(12)10-6-3-5-9(7-10)13(15,16)17/h3,5-7H,2,4,8H2,1H3. The molecule has 3 nitrogen and oxygen atoms in total. The lowest BCUT2D eigenvalue weighted by molar-refractivity contribution is -0.137. The zero-order valence-electron chi connectivity index (χ0n) is 10.8. The van der Waals surface area contributed by atoms with Crippen LogP contribution in [0.2, 0.25) is 0 Å². The quantitative estimate of drug-likeness (QED) is 0.800. The molecule has 1 aromatic heterocycles. The molecule has 0 bridgehead atoms. The number of benzene rings is 1. The molecule has 0 amide bonds. The van der Waals surface area contributed by atoms with Crippen molar-refractivity contribution in [2.45, 2.75) is 31.8 Å². The van der Waals surface area contributed by atoms with E-state index in [2.05, 4.69) is 10.3 Å². The third-order valence-corrected chi connectivity index (χ3v) is 3.13. The highest BCUT2D eigenvalue weighted by atomic mass is 35.5. The zero-order valence-corrected chi connectivity index (χ0v) is 11.5. The minimum atomic E-state index is -4.38. The fraction of sp³-hybridized carbons (Fsp3) is 0.385. The lowest BCUT2D eigenvalue weighted by Gasteiger charge is -2.10. The van der Waals surface area contributed by atoms with Gasteiger partial charge in [0, 0.05) is 0 Å². The first-order valence-corrected chi connectivity index (χ1v) is 6.68. The van der Waals surface area contributed by atoms with Gasteiger partial charge in [-0.25, -0.2) is 4.68 Å². The van der Waals surface area contributed by atoms with Gasteiger partial charge in [-0.15, -0.1) is 16.7 Å². The average molecular weight is 304 g/mol. The smallest absolute Gasteiger partial charge is 0.217 e. The minimum Gasteiger partial charge on any atom is -0.217 e. The zero-order chi connectivity index (χ0) is 14.8. The van der Waals surface area contributed by atoms with Crippen molar-refractivity contribution in [1.29, 1.82) is 0 Å². The van der Waals surface area contributed by atoms with Crippen LogP contribution >= 0.6 is 11.6 Å². The summed E-state index contributed by atoms with van der Waals surface area (Å²) < 4.78 is 39.6. The Balaban J connectivity index is 2.49. The van der Waals surface area contributed by atoms with Crippen molar-refractivity contribution in [2.75, 3.05) is 0 Å². The molecule has 20 heavy (non-hydrogen) atoms. The van der Waals surface area contributed by atoms with Gasteiger partial charge in [0.15, 0.2) is 0 Å². The molecule has 1 heterocycles. The summed E-state index contributed by atoms with van der Waals surface area (Å²) in [5.74, 6) is 0.189. The summed E-state index contributed by atoms with van der Waals surface area (Å²) in [5.41, 5.74) is 0.986. The van der Waals surface area contributed by atoms with Crippen LogP contribution < -0.4 is 0 Å². The number of alkyl halides is 4. The minimum absolute atomic E-state index is 0.189. The van der Waals surface area contributed by atoms with E-state index in [1.54, 1.807) is 6.07 Å². The molecule has 2 rings (SSSR count). The molecule has 108 valence electrons. The second-order valence-corrected chi connectivity index (χ2v) is 4.59. The van der Waals surface area contributed by atoms with Crippen LogP contribution in [0.3, 0.4) is 0 Å². The van der Waals surface area contributed by atoms with Gasteiger partial charge in [-0.3, -0.25) is 0 Å². The molecule has 0 aliphatic rings. The van der Waals surface area contributed by atoms with E-state index in [0.29, 0.717) is 17.8 Å². The van der Waals surface area contributed by atoms with Crippen molar-refractivity contribution in [1.82, 2.24) is 15.0 Å².